The van der Waals surface area contributed by atoms with E-state index >= 15 is 0 Å². The lowest BCUT2D eigenvalue weighted by atomic mass is 10.1. The SMILES string of the molecule is Cn1cc2c(c1C(=O)Nc1ccc(F)c(C#N)c1)CC[C@H]2N. The summed E-state index contributed by atoms with van der Waals surface area (Å²) in [6, 6.07) is 5.65. The highest BCUT2D eigenvalue weighted by Crippen LogP contribution is 2.33. The molecule has 1 atom stereocenters. The second-order valence-corrected chi connectivity index (χ2v) is 5.43. The van der Waals surface area contributed by atoms with Crippen molar-refractivity contribution in [2.45, 2.75) is 18.9 Å². The first-order chi connectivity index (χ1) is 10.5. The highest BCUT2D eigenvalue weighted by molar-refractivity contribution is 6.04. The van der Waals surface area contributed by atoms with Gasteiger partial charge >= 0.3 is 0 Å². The van der Waals surface area contributed by atoms with Crippen LogP contribution in [0.15, 0.2) is 24.4 Å². The summed E-state index contributed by atoms with van der Waals surface area (Å²) in [7, 11) is 1.80. The molecule has 0 spiro atoms. The molecule has 0 saturated heterocycles. The second kappa shape index (κ2) is 5.28. The summed E-state index contributed by atoms with van der Waals surface area (Å²) >= 11 is 0. The van der Waals surface area contributed by atoms with Crippen molar-refractivity contribution in [3.05, 3.63) is 52.6 Å². The molecule has 1 amide bonds. The highest BCUT2D eigenvalue weighted by Gasteiger charge is 2.28. The standard InChI is InChI=1S/C16H15FN4O/c1-21-8-12-11(3-5-14(12)19)15(21)16(22)20-10-2-4-13(17)9(6-10)7-18/h2,4,6,8,14H,3,5,19H2,1H3,(H,20,22)/t14-/m1/s1. The van der Waals surface area contributed by atoms with E-state index in [0.717, 1.165) is 24.0 Å². The van der Waals surface area contributed by atoms with E-state index in [4.69, 9.17) is 11.0 Å². The summed E-state index contributed by atoms with van der Waals surface area (Å²) < 4.78 is 15.1. The molecule has 0 bridgehead atoms. The predicted octanol–water partition coefficient (Wildman–Crippen LogP) is 2.23. The number of nitriles is 1. The second-order valence-electron chi connectivity index (χ2n) is 5.43. The molecule has 1 aromatic carbocycles. The van der Waals surface area contributed by atoms with Gasteiger partial charge in [-0.15, -0.1) is 0 Å². The molecule has 112 valence electrons. The Balaban J connectivity index is 1.90. The number of aromatic nitrogens is 1. The van der Waals surface area contributed by atoms with Crippen molar-refractivity contribution in [3.63, 3.8) is 0 Å². The van der Waals surface area contributed by atoms with Crippen LogP contribution in [0.5, 0.6) is 0 Å². The predicted molar refractivity (Wildman–Crippen MR) is 79.7 cm³/mol. The summed E-state index contributed by atoms with van der Waals surface area (Å²) in [6.45, 7) is 0. The van der Waals surface area contributed by atoms with Crippen LogP contribution in [0, 0.1) is 17.1 Å². The number of carbonyl (C=O) groups excluding carboxylic acids is 1. The Morgan fingerprint density at radius 2 is 2.32 bits per heavy atom. The molecule has 5 nitrogen and oxygen atoms in total. The number of nitrogens with one attached hydrogen (secondary N) is 1. The largest absolute Gasteiger partial charge is 0.346 e. The number of aryl methyl sites for hydroxylation is 1. The Morgan fingerprint density at radius 3 is 3.05 bits per heavy atom. The van der Waals surface area contributed by atoms with Gasteiger partial charge in [-0.3, -0.25) is 4.79 Å². The van der Waals surface area contributed by atoms with E-state index in [0.29, 0.717) is 11.4 Å². The number of hydrogen-bond acceptors (Lipinski definition) is 3. The minimum atomic E-state index is -0.605. The van der Waals surface area contributed by atoms with Gasteiger partial charge in [0.1, 0.15) is 17.6 Å². The van der Waals surface area contributed by atoms with E-state index in [1.165, 1.54) is 18.2 Å². The lowest BCUT2D eigenvalue weighted by molar-refractivity contribution is 0.101. The molecule has 2 aromatic rings. The molecule has 22 heavy (non-hydrogen) atoms. The van der Waals surface area contributed by atoms with E-state index < -0.39 is 5.82 Å². The average molecular weight is 298 g/mol. The topological polar surface area (TPSA) is 83.8 Å². The fourth-order valence-corrected chi connectivity index (χ4v) is 2.91. The number of fused-ring (bicyclic) bond motifs is 1. The van der Waals surface area contributed by atoms with Crippen LogP contribution in [-0.2, 0) is 13.5 Å². The van der Waals surface area contributed by atoms with E-state index in [1.54, 1.807) is 17.7 Å². The smallest absolute Gasteiger partial charge is 0.272 e. The molecule has 0 fully saturated rings. The number of nitrogens with two attached hydrogens (primary N) is 1. The zero-order valence-electron chi connectivity index (χ0n) is 12.1. The number of rotatable bonds is 2. The molecular formula is C16H15FN4O. The Labute approximate surface area is 127 Å². The number of anilines is 1. The summed E-state index contributed by atoms with van der Waals surface area (Å²) in [6.07, 6.45) is 3.49. The number of hydrogen-bond donors (Lipinski definition) is 2. The third kappa shape index (κ3) is 2.26. The quantitative estimate of drug-likeness (QED) is 0.891. The fraction of sp³-hybridized carbons (Fsp3) is 0.250. The minimum Gasteiger partial charge on any atom is -0.346 e. The third-order valence-electron chi connectivity index (χ3n) is 3.98. The molecule has 0 radical (unpaired) electrons. The van der Waals surface area contributed by atoms with Crippen LogP contribution in [0.2, 0.25) is 0 Å². The maximum absolute atomic E-state index is 13.3. The average Bonchev–Trinajstić information content (AvgIpc) is 3.00. The summed E-state index contributed by atoms with van der Waals surface area (Å²) in [5, 5.41) is 11.6. The van der Waals surface area contributed by atoms with Crippen molar-refractivity contribution in [2.75, 3.05) is 5.32 Å². The summed E-state index contributed by atoms with van der Waals surface area (Å²) in [5.41, 5.74) is 8.83. The van der Waals surface area contributed by atoms with Crippen LogP contribution < -0.4 is 11.1 Å². The van der Waals surface area contributed by atoms with E-state index in [1.807, 2.05) is 6.20 Å². The number of amides is 1. The Hall–Kier alpha value is -2.65. The molecular weight excluding hydrogens is 283 g/mol. The maximum Gasteiger partial charge on any atom is 0.272 e. The first-order valence-electron chi connectivity index (χ1n) is 6.96. The van der Waals surface area contributed by atoms with Gasteiger partial charge in [-0.2, -0.15) is 5.26 Å². The van der Waals surface area contributed by atoms with Gasteiger partial charge in [0.15, 0.2) is 0 Å². The molecule has 3 rings (SSSR count). The van der Waals surface area contributed by atoms with E-state index in [2.05, 4.69) is 5.32 Å². The van der Waals surface area contributed by atoms with E-state index in [-0.39, 0.29) is 17.5 Å². The van der Waals surface area contributed by atoms with Gasteiger partial charge in [0.05, 0.1) is 5.56 Å². The number of carbonyl (C=O) groups is 1. The zero-order chi connectivity index (χ0) is 15.9. The number of nitrogens with zero attached hydrogens (tertiary/aromatic N) is 2. The van der Waals surface area contributed by atoms with Crippen molar-refractivity contribution < 1.29 is 9.18 Å². The van der Waals surface area contributed by atoms with E-state index in [9.17, 15) is 9.18 Å². The van der Waals surface area contributed by atoms with Crippen LogP contribution in [0.25, 0.3) is 0 Å². The molecule has 1 aliphatic rings. The Kier molecular flexibility index (Phi) is 3.43. The molecule has 6 heteroatoms. The third-order valence-corrected chi connectivity index (χ3v) is 3.98. The van der Waals surface area contributed by atoms with Crippen molar-refractivity contribution in [3.8, 4) is 6.07 Å². The molecule has 0 aliphatic heterocycles. The fourth-order valence-electron chi connectivity index (χ4n) is 2.91. The van der Waals surface area contributed by atoms with Crippen LogP contribution >= 0.6 is 0 Å². The molecule has 0 unspecified atom stereocenters. The van der Waals surface area contributed by atoms with Crippen LogP contribution in [0.1, 0.15) is 39.6 Å². The summed E-state index contributed by atoms with van der Waals surface area (Å²) in [5.74, 6) is -0.889. The van der Waals surface area contributed by atoms with Gasteiger partial charge in [-0.25, -0.2) is 4.39 Å². The molecule has 1 heterocycles. The Bertz CT molecular complexity index is 803. The first-order valence-corrected chi connectivity index (χ1v) is 6.96. The first kappa shape index (κ1) is 14.3. The summed E-state index contributed by atoms with van der Waals surface area (Å²) in [4.78, 5) is 12.5. The normalized spacial score (nSPS) is 16.2. The van der Waals surface area contributed by atoms with Crippen molar-refractivity contribution in [2.24, 2.45) is 12.8 Å². The highest BCUT2D eigenvalue weighted by atomic mass is 19.1. The van der Waals surface area contributed by atoms with Crippen molar-refractivity contribution >= 4 is 11.6 Å². The van der Waals surface area contributed by atoms with Crippen LogP contribution in [0.3, 0.4) is 0 Å². The number of benzene rings is 1. The number of halogens is 1. The van der Waals surface area contributed by atoms with Gasteiger partial charge in [0.2, 0.25) is 0 Å². The maximum atomic E-state index is 13.3. The molecule has 3 N–H and O–H groups in total. The lowest BCUT2D eigenvalue weighted by Crippen LogP contribution is -2.17. The van der Waals surface area contributed by atoms with Gasteiger partial charge in [-0.1, -0.05) is 0 Å². The lowest BCUT2D eigenvalue weighted by Gasteiger charge is -2.08. The minimum absolute atomic E-state index is 0.0289. The van der Waals surface area contributed by atoms with Gasteiger partial charge in [0.25, 0.3) is 5.91 Å². The van der Waals surface area contributed by atoms with Crippen molar-refractivity contribution in [1.29, 1.82) is 5.26 Å². The monoisotopic (exact) mass is 298 g/mol. The molecule has 1 aromatic heterocycles. The molecule has 0 saturated carbocycles. The van der Waals surface area contributed by atoms with Crippen LogP contribution in [0.4, 0.5) is 10.1 Å². The van der Waals surface area contributed by atoms with Gasteiger partial charge in [-0.05, 0) is 42.2 Å². The van der Waals surface area contributed by atoms with Crippen LogP contribution in [-0.4, -0.2) is 10.5 Å². The van der Waals surface area contributed by atoms with Gasteiger partial charge < -0.3 is 15.6 Å². The molecule has 1 aliphatic carbocycles. The van der Waals surface area contributed by atoms with Gasteiger partial charge in [0, 0.05) is 25.0 Å². The Morgan fingerprint density at radius 1 is 1.55 bits per heavy atom. The van der Waals surface area contributed by atoms with Crippen molar-refractivity contribution in [1.82, 2.24) is 4.57 Å². The zero-order valence-corrected chi connectivity index (χ0v) is 12.1.